The van der Waals surface area contributed by atoms with E-state index in [1.54, 1.807) is 0 Å². The number of hydrogen-bond acceptors (Lipinski definition) is 4. The zero-order chi connectivity index (χ0) is 11.5. The van der Waals surface area contributed by atoms with E-state index in [-0.39, 0.29) is 11.5 Å². The Hall–Kier alpha value is -0.360. The maximum atomic E-state index is 10.2. The third-order valence-electron chi connectivity index (χ3n) is 1.53. The van der Waals surface area contributed by atoms with Gasteiger partial charge in [0.1, 0.15) is 0 Å². The van der Waals surface area contributed by atoms with E-state index in [2.05, 4.69) is 0 Å². The molecule has 0 saturated carbocycles. The molecule has 0 aliphatic heterocycles. The standard InChI is InChI=1S/C9H16O4S2/c10-8(11)6-14-4-2-1-3-5-15-7-9(12)13/h1-7H2,(H,10,11)(H,12,13). The van der Waals surface area contributed by atoms with E-state index in [1.165, 1.54) is 23.5 Å². The molecule has 2 N–H and O–H groups in total. The van der Waals surface area contributed by atoms with Crippen molar-refractivity contribution in [2.24, 2.45) is 0 Å². The minimum atomic E-state index is -0.767. The van der Waals surface area contributed by atoms with E-state index in [1.807, 2.05) is 0 Å². The highest BCUT2D eigenvalue weighted by Crippen LogP contribution is 2.09. The Morgan fingerprint density at radius 3 is 1.53 bits per heavy atom. The fourth-order valence-corrected chi connectivity index (χ4v) is 2.36. The van der Waals surface area contributed by atoms with Crippen LogP contribution in [0, 0.1) is 0 Å². The molecule has 0 spiro atoms. The van der Waals surface area contributed by atoms with Crippen molar-refractivity contribution >= 4 is 35.5 Å². The van der Waals surface area contributed by atoms with Gasteiger partial charge >= 0.3 is 11.9 Å². The Morgan fingerprint density at radius 2 is 1.20 bits per heavy atom. The first-order valence-electron chi connectivity index (χ1n) is 4.72. The second-order valence-corrected chi connectivity index (χ2v) is 5.16. The number of unbranched alkanes of at least 4 members (excludes halogenated alkanes) is 2. The highest BCUT2D eigenvalue weighted by atomic mass is 32.2. The molecule has 15 heavy (non-hydrogen) atoms. The average molecular weight is 252 g/mol. The van der Waals surface area contributed by atoms with Crippen LogP contribution in [0.15, 0.2) is 0 Å². The second kappa shape index (κ2) is 10.2. The third-order valence-corrected chi connectivity index (χ3v) is 3.59. The van der Waals surface area contributed by atoms with Crippen molar-refractivity contribution in [3.05, 3.63) is 0 Å². The van der Waals surface area contributed by atoms with Crippen molar-refractivity contribution in [2.45, 2.75) is 19.3 Å². The van der Waals surface area contributed by atoms with Crippen LogP contribution in [0.4, 0.5) is 0 Å². The Bertz CT molecular complexity index is 177. The molecule has 6 heteroatoms. The minimum Gasteiger partial charge on any atom is -0.481 e. The van der Waals surface area contributed by atoms with E-state index < -0.39 is 11.9 Å². The number of hydrogen-bond donors (Lipinski definition) is 2. The van der Waals surface area contributed by atoms with Crippen LogP contribution in [0.2, 0.25) is 0 Å². The molecular weight excluding hydrogens is 236 g/mol. The lowest BCUT2D eigenvalue weighted by Crippen LogP contribution is -1.99. The zero-order valence-electron chi connectivity index (χ0n) is 8.48. The van der Waals surface area contributed by atoms with Gasteiger partial charge in [-0.2, -0.15) is 23.5 Å². The van der Waals surface area contributed by atoms with Crippen LogP contribution in [-0.4, -0.2) is 45.2 Å². The van der Waals surface area contributed by atoms with Crippen LogP contribution in [-0.2, 0) is 9.59 Å². The normalized spacial score (nSPS) is 10.1. The molecule has 0 heterocycles. The summed E-state index contributed by atoms with van der Waals surface area (Å²) in [6.45, 7) is 0. The number of carboxylic acid groups (broad SMARTS) is 2. The summed E-state index contributed by atoms with van der Waals surface area (Å²) >= 11 is 2.86. The Labute approximate surface area is 97.8 Å². The summed E-state index contributed by atoms with van der Waals surface area (Å²) in [6, 6.07) is 0. The van der Waals surface area contributed by atoms with Crippen molar-refractivity contribution in [3.63, 3.8) is 0 Å². The molecule has 4 nitrogen and oxygen atoms in total. The van der Waals surface area contributed by atoms with E-state index in [0.717, 1.165) is 30.8 Å². The van der Waals surface area contributed by atoms with Crippen molar-refractivity contribution in [2.75, 3.05) is 23.0 Å². The maximum absolute atomic E-state index is 10.2. The molecule has 0 saturated heterocycles. The summed E-state index contributed by atoms with van der Waals surface area (Å²) in [6.07, 6.45) is 3.05. The van der Waals surface area contributed by atoms with Gasteiger partial charge in [-0.05, 0) is 24.3 Å². The molecule has 0 rings (SSSR count). The van der Waals surface area contributed by atoms with Gasteiger partial charge in [-0.15, -0.1) is 0 Å². The highest BCUT2D eigenvalue weighted by Gasteiger charge is 1.98. The molecule has 0 aliphatic rings. The van der Waals surface area contributed by atoms with Crippen molar-refractivity contribution in [3.8, 4) is 0 Å². The number of carbonyl (C=O) groups is 2. The monoisotopic (exact) mass is 252 g/mol. The largest absolute Gasteiger partial charge is 0.481 e. The first kappa shape index (κ1) is 14.6. The molecule has 0 atom stereocenters. The molecule has 0 aromatic rings. The van der Waals surface area contributed by atoms with E-state index in [4.69, 9.17) is 10.2 Å². The molecule has 0 radical (unpaired) electrons. The Balaban J connectivity index is 2.99. The van der Waals surface area contributed by atoms with Crippen molar-refractivity contribution < 1.29 is 19.8 Å². The fraction of sp³-hybridized carbons (Fsp3) is 0.778. The van der Waals surface area contributed by atoms with Crippen molar-refractivity contribution in [1.82, 2.24) is 0 Å². The lowest BCUT2D eigenvalue weighted by Gasteiger charge is -1.99. The van der Waals surface area contributed by atoms with Gasteiger partial charge < -0.3 is 10.2 Å². The lowest BCUT2D eigenvalue weighted by atomic mass is 10.3. The molecule has 0 aromatic heterocycles. The van der Waals surface area contributed by atoms with Crippen LogP contribution in [0.5, 0.6) is 0 Å². The molecular formula is C9H16O4S2. The highest BCUT2D eigenvalue weighted by molar-refractivity contribution is 8.00. The number of thioether (sulfide) groups is 2. The molecule has 0 amide bonds. The van der Waals surface area contributed by atoms with Gasteiger partial charge in [0.25, 0.3) is 0 Å². The van der Waals surface area contributed by atoms with Gasteiger partial charge in [0.05, 0.1) is 11.5 Å². The third kappa shape index (κ3) is 13.6. The van der Waals surface area contributed by atoms with Gasteiger partial charge in [-0.1, -0.05) is 6.42 Å². The summed E-state index contributed by atoms with van der Waals surface area (Å²) < 4.78 is 0. The predicted molar refractivity (Wildman–Crippen MR) is 63.8 cm³/mol. The quantitative estimate of drug-likeness (QED) is 0.577. The molecule has 0 bridgehead atoms. The summed E-state index contributed by atoms with van der Waals surface area (Å²) in [5.74, 6) is 0.557. The van der Waals surface area contributed by atoms with E-state index in [9.17, 15) is 9.59 Å². The zero-order valence-corrected chi connectivity index (χ0v) is 10.1. The number of rotatable bonds is 10. The lowest BCUT2D eigenvalue weighted by molar-refractivity contribution is -0.134. The van der Waals surface area contributed by atoms with Crippen molar-refractivity contribution in [1.29, 1.82) is 0 Å². The first-order valence-corrected chi connectivity index (χ1v) is 7.03. The Kier molecular flexibility index (Phi) is 9.92. The van der Waals surface area contributed by atoms with Gasteiger partial charge in [0.2, 0.25) is 0 Å². The SMILES string of the molecule is O=C(O)CSCCCCCSCC(=O)O. The van der Waals surface area contributed by atoms with Gasteiger partial charge in [0.15, 0.2) is 0 Å². The summed E-state index contributed by atoms with van der Waals surface area (Å²) in [5.41, 5.74) is 0. The predicted octanol–water partition coefficient (Wildman–Crippen LogP) is 1.79. The molecule has 88 valence electrons. The smallest absolute Gasteiger partial charge is 0.313 e. The maximum Gasteiger partial charge on any atom is 0.313 e. The van der Waals surface area contributed by atoms with E-state index >= 15 is 0 Å². The summed E-state index contributed by atoms with van der Waals surface area (Å²) in [5, 5.41) is 16.7. The second-order valence-electron chi connectivity index (χ2n) is 2.95. The summed E-state index contributed by atoms with van der Waals surface area (Å²) in [4.78, 5) is 20.3. The van der Waals surface area contributed by atoms with Gasteiger partial charge in [-0.3, -0.25) is 9.59 Å². The Morgan fingerprint density at radius 1 is 0.800 bits per heavy atom. The number of aliphatic carboxylic acids is 2. The molecule has 0 aromatic carbocycles. The average Bonchev–Trinajstić information content (AvgIpc) is 2.14. The fourth-order valence-electron chi connectivity index (χ4n) is 0.904. The molecule has 0 unspecified atom stereocenters. The molecule has 0 fully saturated rings. The minimum absolute atomic E-state index is 0.174. The van der Waals surface area contributed by atoms with E-state index in [0.29, 0.717) is 0 Å². The van der Waals surface area contributed by atoms with Crippen LogP contribution in [0.1, 0.15) is 19.3 Å². The van der Waals surface area contributed by atoms with Crippen LogP contribution >= 0.6 is 23.5 Å². The topological polar surface area (TPSA) is 74.6 Å². The number of carboxylic acids is 2. The van der Waals surface area contributed by atoms with Crippen LogP contribution in [0.3, 0.4) is 0 Å². The first-order chi connectivity index (χ1) is 7.13. The van der Waals surface area contributed by atoms with Crippen LogP contribution in [0.25, 0.3) is 0 Å². The molecule has 0 aliphatic carbocycles. The van der Waals surface area contributed by atoms with Gasteiger partial charge in [0, 0.05) is 0 Å². The van der Waals surface area contributed by atoms with Crippen LogP contribution < -0.4 is 0 Å². The van der Waals surface area contributed by atoms with Gasteiger partial charge in [-0.25, -0.2) is 0 Å². The summed E-state index contributed by atoms with van der Waals surface area (Å²) in [7, 11) is 0.